The zero-order valence-corrected chi connectivity index (χ0v) is 15.9. The van der Waals surface area contributed by atoms with E-state index < -0.39 is 0 Å². The van der Waals surface area contributed by atoms with E-state index in [1.807, 2.05) is 31.2 Å². The van der Waals surface area contributed by atoms with Crippen molar-refractivity contribution in [3.8, 4) is 17.0 Å². The van der Waals surface area contributed by atoms with Crippen LogP contribution in [0.2, 0.25) is 0 Å². The predicted octanol–water partition coefficient (Wildman–Crippen LogP) is 3.73. The predicted molar refractivity (Wildman–Crippen MR) is 109 cm³/mol. The Morgan fingerprint density at radius 1 is 1.19 bits per heavy atom. The third-order valence-corrected chi connectivity index (χ3v) is 4.65. The first-order valence-electron chi connectivity index (χ1n) is 9.12. The monoisotopic (exact) mass is 363 g/mol. The van der Waals surface area contributed by atoms with E-state index in [0.717, 1.165) is 33.2 Å². The lowest BCUT2D eigenvalue weighted by atomic mass is 9.93. The lowest BCUT2D eigenvalue weighted by Crippen LogP contribution is -2.28. The van der Waals surface area contributed by atoms with Crippen molar-refractivity contribution < 1.29 is 9.90 Å². The van der Waals surface area contributed by atoms with Crippen molar-refractivity contribution in [1.82, 2.24) is 10.3 Å². The van der Waals surface area contributed by atoms with Gasteiger partial charge < -0.3 is 16.2 Å². The summed E-state index contributed by atoms with van der Waals surface area (Å²) in [5.41, 5.74) is 9.64. The normalized spacial score (nSPS) is 11.1. The molecule has 0 aliphatic heterocycles. The number of phenols is 1. The second-order valence-corrected chi connectivity index (χ2v) is 7.06. The average molecular weight is 363 g/mol. The molecule has 0 radical (unpaired) electrons. The van der Waals surface area contributed by atoms with E-state index in [-0.39, 0.29) is 17.6 Å². The Labute approximate surface area is 159 Å². The molecular weight excluding hydrogens is 338 g/mol. The van der Waals surface area contributed by atoms with E-state index in [9.17, 15) is 9.90 Å². The molecule has 0 unspecified atom stereocenters. The molecule has 3 aromatic rings. The minimum absolute atomic E-state index is 0.143. The first-order valence-corrected chi connectivity index (χ1v) is 9.12. The number of nitrogens with two attached hydrogens (primary N) is 1. The molecule has 1 heterocycles. The number of amides is 1. The topological polar surface area (TPSA) is 88.2 Å². The summed E-state index contributed by atoms with van der Waals surface area (Å²) in [6, 6.07) is 11.3. The maximum atomic E-state index is 12.2. The number of nitrogens with one attached hydrogen (secondary N) is 1. The van der Waals surface area contributed by atoms with Gasteiger partial charge in [0.2, 0.25) is 0 Å². The number of carbonyl (C=O) groups is 1. The largest absolute Gasteiger partial charge is 0.508 e. The van der Waals surface area contributed by atoms with Crippen molar-refractivity contribution in [3.63, 3.8) is 0 Å². The van der Waals surface area contributed by atoms with Crippen LogP contribution in [0.15, 0.2) is 42.6 Å². The number of hydrogen-bond donors (Lipinski definition) is 3. The van der Waals surface area contributed by atoms with Gasteiger partial charge in [0.25, 0.3) is 5.91 Å². The number of benzene rings is 2. The lowest BCUT2D eigenvalue weighted by Gasteiger charge is -2.14. The fourth-order valence-electron chi connectivity index (χ4n) is 3.41. The zero-order valence-electron chi connectivity index (χ0n) is 15.9. The van der Waals surface area contributed by atoms with Gasteiger partial charge in [0, 0.05) is 35.8 Å². The highest BCUT2D eigenvalue weighted by Crippen LogP contribution is 2.34. The number of rotatable bonds is 5. The van der Waals surface area contributed by atoms with Crippen molar-refractivity contribution in [2.75, 3.05) is 13.1 Å². The van der Waals surface area contributed by atoms with Gasteiger partial charge in [-0.2, -0.15) is 0 Å². The van der Waals surface area contributed by atoms with Crippen LogP contribution < -0.4 is 11.1 Å². The van der Waals surface area contributed by atoms with E-state index in [0.29, 0.717) is 18.7 Å². The number of pyridine rings is 1. The summed E-state index contributed by atoms with van der Waals surface area (Å²) < 4.78 is 0. The van der Waals surface area contributed by atoms with Gasteiger partial charge >= 0.3 is 0 Å². The molecule has 0 spiro atoms. The number of hydrogen-bond acceptors (Lipinski definition) is 4. The maximum absolute atomic E-state index is 12.2. The van der Waals surface area contributed by atoms with Crippen LogP contribution in [0.4, 0.5) is 0 Å². The standard InChI is InChI=1S/C22H25N3O2/c1-13(2)21-14(3)8-18(11-20(21)26)19-10-17-9-15(22(27)24-7-6-23)4-5-16(17)12-25-19/h4-5,8-13,26H,6-7,23H2,1-3H3,(H,24,27). The van der Waals surface area contributed by atoms with Crippen LogP contribution in [0.5, 0.6) is 5.75 Å². The SMILES string of the molecule is Cc1cc(-c2cc3cc(C(=O)NCCN)ccc3cn2)cc(O)c1C(C)C. The molecule has 3 rings (SSSR count). The Hall–Kier alpha value is -2.92. The van der Waals surface area contributed by atoms with Crippen LogP contribution in [-0.4, -0.2) is 29.1 Å². The summed E-state index contributed by atoms with van der Waals surface area (Å²) in [4.78, 5) is 16.7. The molecule has 0 fully saturated rings. The molecule has 5 heteroatoms. The van der Waals surface area contributed by atoms with E-state index in [4.69, 9.17) is 5.73 Å². The van der Waals surface area contributed by atoms with E-state index >= 15 is 0 Å². The molecule has 140 valence electrons. The number of carbonyl (C=O) groups excluding carboxylic acids is 1. The molecular formula is C22H25N3O2. The average Bonchev–Trinajstić information content (AvgIpc) is 2.64. The van der Waals surface area contributed by atoms with Gasteiger partial charge in [-0.05, 0) is 59.7 Å². The van der Waals surface area contributed by atoms with Gasteiger partial charge in [-0.3, -0.25) is 9.78 Å². The molecule has 0 aliphatic rings. The Kier molecular flexibility index (Phi) is 5.42. The van der Waals surface area contributed by atoms with Crippen molar-refractivity contribution in [1.29, 1.82) is 0 Å². The van der Waals surface area contributed by atoms with Crippen LogP contribution in [0, 0.1) is 6.92 Å². The smallest absolute Gasteiger partial charge is 0.251 e. The number of aromatic nitrogens is 1. The van der Waals surface area contributed by atoms with Gasteiger partial charge in [0.1, 0.15) is 5.75 Å². The molecule has 1 amide bonds. The highest BCUT2D eigenvalue weighted by atomic mass is 16.3. The summed E-state index contributed by atoms with van der Waals surface area (Å²) in [6.07, 6.45) is 1.79. The molecule has 0 saturated heterocycles. The van der Waals surface area contributed by atoms with Gasteiger partial charge in [0.05, 0.1) is 5.69 Å². The molecule has 2 aromatic carbocycles. The quantitative estimate of drug-likeness (QED) is 0.644. The second-order valence-electron chi connectivity index (χ2n) is 7.06. The van der Waals surface area contributed by atoms with Crippen LogP contribution in [-0.2, 0) is 0 Å². The lowest BCUT2D eigenvalue weighted by molar-refractivity contribution is 0.0955. The third-order valence-electron chi connectivity index (χ3n) is 4.65. The Balaban J connectivity index is 2.02. The fourth-order valence-corrected chi connectivity index (χ4v) is 3.41. The first-order chi connectivity index (χ1) is 12.9. The second kappa shape index (κ2) is 7.76. The van der Waals surface area contributed by atoms with Crippen LogP contribution in [0.25, 0.3) is 22.0 Å². The summed E-state index contributed by atoms with van der Waals surface area (Å²) in [5.74, 6) is 0.394. The highest BCUT2D eigenvalue weighted by Gasteiger charge is 2.13. The van der Waals surface area contributed by atoms with Gasteiger partial charge in [0.15, 0.2) is 0 Å². The van der Waals surface area contributed by atoms with Crippen LogP contribution in [0.3, 0.4) is 0 Å². The van der Waals surface area contributed by atoms with E-state index in [2.05, 4.69) is 24.1 Å². The molecule has 0 aliphatic carbocycles. The molecule has 0 bridgehead atoms. The van der Waals surface area contributed by atoms with Crippen molar-refractivity contribution >= 4 is 16.7 Å². The number of nitrogens with zero attached hydrogens (tertiary/aromatic N) is 1. The van der Waals surface area contributed by atoms with Crippen molar-refractivity contribution in [2.45, 2.75) is 26.7 Å². The summed E-state index contributed by atoms with van der Waals surface area (Å²) >= 11 is 0. The Bertz CT molecular complexity index is 973. The number of aryl methyl sites for hydroxylation is 1. The summed E-state index contributed by atoms with van der Waals surface area (Å²) in [6.45, 7) is 6.97. The summed E-state index contributed by atoms with van der Waals surface area (Å²) in [5, 5.41) is 15.1. The molecule has 27 heavy (non-hydrogen) atoms. The Morgan fingerprint density at radius 2 is 1.96 bits per heavy atom. The van der Waals surface area contributed by atoms with Crippen molar-refractivity contribution in [3.05, 3.63) is 59.3 Å². The minimum atomic E-state index is -0.143. The third kappa shape index (κ3) is 3.93. The number of fused-ring (bicyclic) bond motifs is 1. The maximum Gasteiger partial charge on any atom is 0.251 e. The molecule has 4 N–H and O–H groups in total. The molecule has 1 aromatic heterocycles. The minimum Gasteiger partial charge on any atom is -0.508 e. The van der Waals surface area contributed by atoms with Gasteiger partial charge in [-0.1, -0.05) is 19.9 Å². The zero-order chi connectivity index (χ0) is 19.6. The first kappa shape index (κ1) is 18.9. The summed E-state index contributed by atoms with van der Waals surface area (Å²) in [7, 11) is 0. The van der Waals surface area contributed by atoms with E-state index in [1.165, 1.54) is 0 Å². The van der Waals surface area contributed by atoms with Crippen molar-refractivity contribution in [2.24, 2.45) is 5.73 Å². The highest BCUT2D eigenvalue weighted by molar-refractivity contribution is 5.99. The molecule has 0 saturated carbocycles. The van der Waals surface area contributed by atoms with Gasteiger partial charge in [-0.25, -0.2) is 0 Å². The molecule has 5 nitrogen and oxygen atoms in total. The Morgan fingerprint density at radius 3 is 2.63 bits per heavy atom. The fraction of sp³-hybridized carbons (Fsp3) is 0.273. The van der Waals surface area contributed by atoms with Crippen LogP contribution in [0.1, 0.15) is 41.3 Å². The molecule has 0 atom stereocenters. The number of aromatic hydroxyl groups is 1. The number of phenolic OH excluding ortho intramolecular Hbond substituents is 1. The van der Waals surface area contributed by atoms with Gasteiger partial charge in [-0.15, -0.1) is 0 Å². The van der Waals surface area contributed by atoms with E-state index in [1.54, 1.807) is 18.3 Å². The van der Waals surface area contributed by atoms with Crippen LogP contribution >= 0.6 is 0 Å².